The van der Waals surface area contributed by atoms with Gasteiger partial charge in [-0.3, -0.25) is 9.59 Å². The van der Waals surface area contributed by atoms with Crippen LogP contribution in [0.25, 0.3) is 0 Å². The number of hydrogen-bond acceptors (Lipinski definition) is 2. The van der Waals surface area contributed by atoms with E-state index in [2.05, 4.69) is 12.2 Å². The van der Waals surface area contributed by atoms with Crippen LogP contribution in [0.3, 0.4) is 0 Å². The Hall–Kier alpha value is -1.06. The number of rotatable bonds is 5. The molecule has 1 heterocycles. The van der Waals surface area contributed by atoms with E-state index in [0.717, 1.165) is 58.2 Å². The molecule has 2 amide bonds. The highest BCUT2D eigenvalue weighted by molar-refractivity contribution is 5.80. The zero-order valence-corrected chi connectivity index (χ0v) is 12.9. The number of carbonyl (C=O) groups excluding carboxylic acids is 2. The molecule has 1 N–H and O–H groups in total. The number of likely N-dealkylation sites (tertiary alicyclic amines) is 1. The molecule has 0 aromatic heterocycles. The van der Waals surface area contributed by atoms with Crippen molar-refractivity contribution in [1.82, 2.24) is 10.2 Å². The summed E-state index contributed by atoms with van der Waals surface area (Å²) in [6.07, 6.45) is 6.14. The van der Waals surface area contributed by atoms with Crippen molar-refractivity contribution < 1.29 is 9.59 Å². The van der Waals surface area contributed by atoms with Crippen LogP contribution in [0, 0.1) is 17.8 Å². The van der Waals surface area contributed by atoms with Gasteiger partial charge in [0.15, 0.2) is 0 Å². The van der Waals surface area contributed by atoms with E-state index in [4.69, 9.17) is 0 Å². The minimum Gasteiger partial charge on any atom is -0.356 e. The summed E-state index contributed by atoms with van der Waals surface area (Å²) in [6, 6.07) is 0. The van der Waals surface area contributed by atoms with E-state index in [1.165, 1.54) is 0 Å². The van der Waals surface area contributed by atoms with E-state index in [0.29, 0.717) is 11.8 Å². The van der Waals surface area contributed by atoms with Crippen LogP contribution in [0.1, 0.15) is 52.4 Å². The van der Waals surface area contributed by atoms with E-state index in [1.807, 2.05) is 11.8 Å². The predicted octanol–water partition coefficient (Wildman–Crippen LogP) is 2.19. The Balaban J connectivity index is 1.72. The maximum Gasteiger partial charge on any atom is 0.225 e. The standard InChI is InChI=1S/C16H28N2O2/c1-3-9-17-15(19)14-6-4-13(5-7-14)11-18-10-8-12(2)16(18)20/h12-14H,3-11H2,1-2H3,(H,17,19). The summed E-state index contributed by atoms with van der Waals surface area (Å²) in [5, 5.41) is 3.00. The second-order valence-corrected chi connectivity index (χ2v) is 6.48. The van der Waals surface area contributed by atoms with Gasteiger partial charge in [0.2, 0.25) is 11.8 Å². The van der Waals surface area contributed by atoms with Crippen molar-refractivity contribution in [3.63, 3.8) is 0 Å². The zero-order chi connectivity index (χ0) is 14.5. The summed E-state index contributed by atoms with van der Waals surface area (Å²) in [5.74, 6) is 1.57. The Morgan fingerprint density at radius 2 is 1.95 bits per heavy atom. The first-order valence-corrected chi connectivity index (χ1v) is 8.18. The molecule has 0 spiro atoms. The van der Waals surface area contributed by atoms with Crippen LogP contribution in [-0.2, 0) is 9.59 Å². The fourth-order valence-electron chi connectivity index (χ4n) is 3.39. The van der Waals surface area contributed by atoms with E-state index >= 15 is 0 Å². The van der Waals surface area contributed by atoms with E-state index < -0.39 is 0 Å². The molecule has 1 saturated carbocycles. The Bertz CT molecular complexity index is 348. The number of hydrogen-bond donors (Lipinski definition) is 1. The Morgan fingerprint density at radius 3 is 2.50 bits per heavy atom. The van der Waals surface area contributed by atoms with Gasteiger partial charge in [-0.2, -0.15) is 0 Å². The number of nitrogens with zero attached hydrogens (tertiary/aromatic N) is 1. The maximum absolute atomic E-state index is 11.9. The largest absolute Gasteiger partial charge is 0.356 e. The Labute approximate surface area is 122 Å². The van der Waals surface area contributed by atoms with Crippen LogP contribution in [0.2, 0.25) is 0 Å². The average Bonchev–Trinajstić information content (AvgIpc) is 2.77. The summed E-state index contributed by atoms with van der Waals surface area (Å²) in [7, 11) is 0. The van der Waals surface area contributed by atoms with Crippen molar-refractivity contribution in [1.29, 1.82) is 0 Å². The fourth-order valence-corrected chi connectivity index (χ4v) is 3.39. The van der Waals surface area contributed by atoms with Gasteiger partial charge in [-0.25, -0.2) is 0 Å². The van der Waals surface area contributed by atoms with Crippen molar-refractivity contribution in [3.05, 3.63) is 0 Å². The van der Waals surface area contributed by atoms with Gasteiger partial charge in [0.05, 0.1) is 0 Å². The van der Waals surface area contributed by atoms with E-state index in [9.17, 15) is 9.59 Å². The molecule has 2 aliphatic rings. The first kappa shape index (κ1) is 15.3. The number of amides is 2. The van der Waals surface area contributed by atoms with Gasteiger partial charge in [-0.15, -0.1) is 0 Å². The molecule has 1 atom stereocenters. The summed E-state index contributed by atoms with van der Waals surface area (Å²) in [5.41, 5.74) is 0. The molecular formula is C16H28N2O2. The lowest BCUT2D eigenvalue weighted by atomic mass is 9.81. The topological polar surface area (TPSA) is 49.4 Å². The molecule has 114 valence electrons. The predicted molar refractivity (Wildman–Crippen MR) is 79.1 cm³/mol. The Morgan fingerprint density at radius 1 is 1.25 bits per heavy atom. The molecule has 1 unspecified atom stereocenters. The van der Waals surface area contributed by atoms with Crippen LogP contribution in [-0.4, -0.2) is 36.3 Å². The molecule has 4 nitrogen and oxygen atoms in total. The third kappa shape index (κ3) is 3.74. The van der Waals surface area contributed by atoms with Gasteiger partial charge >= 0.3 is 0 Å². The van der Waals surface area contributed by atoms with E-state index in [-0.39, 0.29) is 17.7 Å². The molecule has 2 rings (SSSR count). The van der Waals surface area contributed by atoms with Crippen LogP contribution >= 0.6 is 0 Å². The van der Waals surface area contributed by atoms with Crippen molar-refractivity contribution in [3.8, 4) is 0 Å². The highest BCUT2D eigenvalue weighted by Gasteiger charge is 2.32. The van der Waals surface area contributed by atoms with Gasteiger partial charge in [-0.1, -0.05) is 13.8 Å². The molecule has 4 heteroatoms. The zero-order valence-electron chi connectivity index (χ0n) is 12.9. The molecule has 0 aromatic carbocycles. The van der Waals surface area contributed by atoms with Gasteiger partial charge in [0.1, 0.15) is 0 Å². The molecule has 0 bridgehead atoms. The maximum atomic E-state index is 11.9. The first-order chi connectivity index (χ1) is 9.61. The molecule has 0 aromatic rings. The van der Waals surface area contributed by atoms with Gasteiger partial charge in [0.25, 0.3) is 0 Å². The molecule has 20 heavy (non-hydrogen) atoms. The summed E-state index contributed by atoms with van der Waals surface area (Å²) in [4.78, 5) is 25.9. The minimum atomic E-state index is 0.200. The van der Waals surface area contributed by atoms with Crippen molar-refractivity contribution in [2.75, 3.05) is 19.6 Å². The molecule has 0 radical (unpaired) electrons. The number of carbonyl (C=O) groups is 2. The van der Waals surface area contributed by atoms with Crippen LogP contribution < -0.4 is 5.32 Å². The summed E-state index contributed by atoms with van der Waals surface area (Å²) < 4.78 is 0. The van der Waals surface area contributed by atoms with E-state index in [1.54, 1.807) is 0 Å². The van der Waals surface area contributed by atoms with Crippen molar-refractivity contribution in [2.24, 2.45) is 17.8 Å². The van der Waals surface area contributed by atoms with Gasteiger partial charge in [0, 0.05) is 31.5 Å². The molecular weight excluding hydrogens is 252 g/mol. The monoisotopic (exact) mass is 280 g/mol. The molecule has 1 aliphatic carbocycles. The highest BCUT2D eigenvalue weighted by atomic mass is 16.2. The smallest absolute Gasteiger partial charge is 0.225 e. The third-order valence-corrected chi connectivity index (χ3v) is 4.81. The second-order valence-electron chi connectivity index (χ2n) is 6.48. The van der Waals surface area contributed by atoms with Crippen molar-refractivity contribution in [2.45, 2.75) is 52.4 Å². The van der Waals surface area contributed by atoms with Crippen LogP contribution in [0.15, 0.2) is 0 Å². The quantitative estimate of drug-likeness (QED) is 0.839. The average molecular weight is 280 g/mol. The molecule has 1 aliphatic heterocycles. The minimum absolute atomic E-state index is 0.200. The first-order valence-electron chi connectivity index (χ1n) is 8.18. The lowest BCUT2D eigenvalue weighted by molar-refractivity contribution is -0.132. The number of nitrogens with one attached hydrogen (secondary N) is 1. The Kier molecular flexibility index (Phi) is 5.44. The molecule has 1 saturated heterocycles. The van der Waals surface area contributed by atoms with Crippen LogP contribution in [0.5, 0.6) is 0 Å². The lowest BCUT2D eigenvalue weighted by Gasteiger charge is -2.30. The lowest BCUT2D eigenvalue weighted by Crippen LogP contribution is -2.37. The fraction of sp³-hybridized carbons (Fsp3) is 0.875. The summed E-state index contributed by atoms with van der Waals surface area (Å²) in [6.45, 7) is 6.73. The van der Waals surface area contributed by atoms with Crippen molar-refractivity contribution >= 4 is 11.8 Å². The highest BCUT2D eigenvalue weighted by Crippen LogP contribution is 2.31. The second kappa shape index (κ2) is 7.09. The van der Waals surface area contributed by atoms with Gasteiger partial charge < -0.3 is 10.2 Å². The normalized spacial score (nSPS) is 30.6. The van der Waals surface area contributed by atoms with Crippen LogP contribution in [0.4, 0.5) is 0 Å². The molecule has 2 fully saturated rings. The van der Waals surface area contributed by atoms with Gasteiger partial charge in [-0.05, 0) is 44.4 Å². The SMILES string of the molecule is CCCNC(=O)C1CCC(CN2CCC(C)C2=O)CC1. The third-order valence-electron chi connectivity index (χ3n) is 4.81. The summed E-state index contributed by atoms with van der Waals surface area (Å²) >= 11 is 0.